The average molecular weight is 443 g/mol. The van der Waals surface area contributed by atoms with Crippen LogP contribution in [0.15, 0.2) is 46.4 Å². The first-order valence-corrected chi connectivity index (χ1v) is 9.28. The van der Waals surface area contributed by atoms with E-state index in [1.807, 2.05) is 25.1 Å². The van der Waals surface area contributed by atoms with Crippen LogP contribution in [0.4, 0.5) is 5.69 Å². The molecule has 0 aliphatic rings. The molecule has 7 heteroatoms. The van der Waals surface area contributed by atoms with Crippen molar-refractivity contribution >= 4 is 39.6 Å². The Morgan fingerprint density at radius 1 is 1.25 bits per heavy atom. The van der Waals surface area contributed by atoms with Crippen LogP contribution in [0.5, 0.6) is 11.5 Å². The van der Waals surface area contributed by atoms with Crippen molar-refractivity contribution < 1.29 is 19.1 Å². The van der Waals surface area contributed by atoms with Crippen molar-refractivity contribution in [1.29, 1.82) is 5.26 Å². The molecule has 2 aromatic carbocycles. The number of esters is 1. The van der Waals surface area contributed by atoms with Crippen LogP contribution in [0.3, 0.4) is 0 Å². The Bertz CT molecular complexity index is 960. The van der Waals surface area contributed by atoms with Gasteiger partial charge >= 0.3 is 5.97 Å². The number of anilines is 1. The number of nitriles is 1. The minimum absolute atomic E-state index is 0.0739. The number of ether oxygens (including phenoxy) is 2. The molecule has 0 aliphatic carbocycles. The molecule has 1 N–H and O–H groups in total. The van der Waals surface area contributed by atoms with E-state index in [1.54, 1.807) is 31.2 Å². The van der Waals surface area contributed by atoms with Gasteiger partial charge in [-0.05, 0) is 65.7 Å². The molecule has 0 fully saturated rings. The van der Waals surface area contributed by atoms with Gasteiger partial charge in [0.05, 0.1) is 11.1 Å². The number of amides is 1. The van der Waals surface area contributed by atoms with Gasteiger partial charge in [-0.1, -0.05) is 17.7 Å². The normalized spacial score (nSPS) is 10.8. The zero-order chi connectivity index (χ0) is 20.7. The maximum absolute atomic E-state index is 12.4. The highest BCUT2D eigenvalue weighted by Crippen LogP contribution is 2.37. The van der Waals surface area contributed by atoms with Crippen LogP contribution in [0, 0.1) is 18.3 Å². The molecule has 1 amide bonds. The fraction of sp³-hybridized carbons (Fsp3) is 0.190. The van der Waals surface area contributed by atoms with E-state index in [4.69, 9.17) is 9.47 Å². The minimum atomic E-state index is -0.524. The fourth-order valence-electron chi connectivity index (χ4n) is 2.33. The van der Waals surface area contributed by atoms with Gasteiger partial charge in [0.2, 0.25) is 0 Å². The van der Waals surface area contributed by atoms with Gasteiger partial charge in [-0.2, -0.15) is 5.26 Å². The molecule has 28 heavy (non-hydrogen) atoms. The lowest BCUT2D eigenvalue weighted by atomic mass is 10.1. The number of carbonyl (C=O) groups excluding carboxylic acids is 2. The van der Waals surface area contributed by atoms with Gasteiger partial charge in [0.25, 0.3) is 5.91 Å². The van der Waals surface area contributed by atoms with E-state index in [0.717, 1.165) is 5.56 Å². The van der Waals surface area contributed by atoms with Gasteiger partial charge < -0.3 is 14.8 Å². The van der Waals surface area contributed by atoms with E-state index in [1.165, 1.54) is 13.0 Å². The molecule has 0 bridgehead atoms. The highest BCUT2D eigenvalue weighted by atomic mass is 79.9. The van der Waals surface area contributed by atoms with Crippen molar-refractivity contribution in [2.24, 2.45) is 0 Å². The minimum Gasteiger partial charge on any atom is -0.490 e. The molecule has 2 rings (SSSR count). The Hall–Kier alpha value is -3.11. The molecular formula is C21H19BrN2O4. The maximum Gasteiger partial charge on any atom is 0.308 e. The van der Waals surface area contributed by atoms with E-state index in [2.05, 4.69) is 21.2 Å². The lowest BCUT2D eigenvalue weighted by Crippen LogP contribution is -2.13. The smallest absolute Gasteiger partial charge is 0.308 e. The second kappa shape index (κ2) is 9.72. The third-order valence-electron chi connectivity index (χ3n) is 3.56. The molecule has 2 aromatic rings. The van der Waals surface area contributed by atoms with Crippen LogP contribution in [-0.4, -0.2) is 18.5 Å². The van der Waals surface area contributed by atoms with Crippen LogP contribution < -0.4 is 14.8 Å². The SMILES string of the molecule is CCOc1cc(/C=C(\C#N)C(=O)Nc2ccc(C)cc2)cc(Br)c1OC(C)=O. The van der Waals surface area contributed by atoms with E-state index in [0.29, 0.717) is 28.1 Å². The molecule has 0 saturated carbocycles. The van der Waals surface area contributed by atoms with Crippen LogP contribution in [0.2, 0.25) is 0 Å². The Labute approximate surface area is 171 Å². The zero-order valence-corrected chi connectivity index (χ0v) is 17.3. The Kier molecular flexibility index (Phi) is 7.36. The third kappa shape index (κ3) is 5.69. The number of nitrogens with one attached hydrogen (secondary N) is 1. The number of aryl methyl sites for hydroxylation is 1. The summed E-state index contributed by atoms with van der Waals surface area (Å²) in [5.41, 5.74) is 2.13. The summed E-state index contributed by atoms with van der Waals surface area (Å²) in [6.07, 6.45) is 1.44. The second-order valence-corrected chi connectivity index (χ2v) is 6.70. The monoisotopic (exact) mass is 442 g/mol. The van der Waals surface area contributed by atoms with Gasteiger partial charge in [-0.15, -0.1) is 0 Å². The largest absolute Gasteiger partial charge is 0.490 e. The van der Waals surface area contributed by atoms with Gasteiger partial charge in [-0.3, -0.25) is 9.59 Å². The lowest BCUT2D eigenvalue weighted by Gasteiger charge is -2.12. The van der Waals surface area contributed by atoms with Crippen LogP contribution in [0.25, 0.3) is 6.08 Å². The highest BCUT2D eigenvalue weighted by Gasteiger charge is 2.15. The van der Waals surface area contributed by atoms with Crippen molar-refractivity contribution in [3.05, 3.63) is 57.6 Å². The van der Waals surface area contributed by atoms with Gasteiger partial charge in [-0.25, -0.2) is 0 Å². The van der Waals surface area contributed by atoms with E-state index in [9.17, 15) is 14.9 Å². The van der Waals surface area contributed by atoms with E-state index < -0.39 is 11.9 Å². The molecule has 6 nitrogen and oxygen atoms in total. The predicted octanol–water partition coefficient (Wildman–Crippen LogP) is 4.63. The molecule has 0 unspecified atom stereocenters. The fourth-order valence-corrected chi connectivity index (χ4v) is 2.87. The van der Waals surface area contributed by atoms with Gasteiger partial charge in [0.15, 0.2) is 11.5 Å². The summed E-state index contributed by atoms with van der Waals surface area (Å²) in [5.74, 6) is -0.437. The standard InChI is InChI=1S/C21H19BrN2O4/c1-4-27-19-11-15(10-18(22)20(19)28-14(3)25)9-16(12-23)21(26)24-17-7-5-13(2)6-8-17/h5-11H,4H2,1-3H3,(H,24,26)/b16-9+. The number of nitrogens with zero attached hydrogens (tertiary/aromatic N) is 1. The number of hydrogen-bond donors (Lipinski definition) is 1. The zero-order valence-electron chi connectivity index (χ0n) is 15.7. The second-order valence-electron chi connectivity index (χ2n) is 5.85. The quantitative estimate of drug-likeness (QED) is 0.305. The number of rotatable bonds is 6. The summed E-state index contributed by atoms with van der Waals surface area (Å²) in [4.78, 5) is 23.7. The molecule has 0 aromatic heterocycles. The topological polar surface area (TPSA) is 88.4 Å². The van der Waals surface area contributed by atoms with Crippen LogP contribution in [-0.2, 0) is 9.59 Å². The van der Waals surface area contributed by atoms with Crippen molar-refractivity contribution in [3.8, 4) is 17.6 Å². The van der Waals surface area contributed by atoms with Gasteiger partial charge in [0, 0.05) is 12.6 Å². The Balaban J connectivity index is 2.34. The van der Waals surface area contributed by atoms with Gasteiger partial charge in [0.1, 0.15) is 11.6 Å². The number of halogens is 1. The maximum atomic E-state index is 12.4. The summed E-state index contributed by atoms with van der Waals surface area (Å²) in [7, 11) is 0. The summed E-state index contributed by atoms with van der Waals surface area (Å²) in [6, 6.07) is 12.4. The number of carbonyl (C=O) groups is 2. The van der Waals surface area contributed by atoms with Crippen LogP contribution in [0.1, 0.15) is 25.0 Å². The third-order valence-corrected chi connectivity index (χ3v) is 4.15. The van der Waals surface area contributed by atoms with Crippen molar-refractivity contribution in [1.82, 2.24) is 0 Å². The summed E-state index contributed by atoms with van der Waals surface area (Å²) in [6.45, 7) is 5.38. The molecule has 144 valence electrons. The molecule has 0 aliphatic heterocycles. The molecule has 0 heterocycles. The number of benzene rings is 2. The van der Waals surface area contributed by atoms with E-state index >= 15 is 0 Å². The Morgan fingerprint density at radius 3 is 2.50 bits per heavy atom. The number of hydrogen-bond acceptors (Lipinski definition) is 5. The van der Waals surface area contributed by atoms with Crippen molar-refractivity contribution in [3.63, 3.8) is 0 Å². The summed E-state index contributed by atoms with van der Waals surface area (Å²) >= 11 is 3.34. The summed E-state index contributed by atoms with van der Waals surface area (Å²) < 4.78 is 11.2. The van der Waals surface area contributed by atoms with Crippen LogP contribution >= 0.6 is 15.9 Å². The highest BCUT2D eigenvalue weighted by molar-refractivity contribution is 9.10. The average Bonchev–Trinajstić information content (AvgIpc) is 2.64. The van der Waals surface area contributed by atoms with Crippen molar-refractivity contribution in [2.75, 3.05) is 11.9 Å². The molecule has 0 radical (unpaired) electrons. The molecule has 0 spiro atoms. The first kappa shape index (κ1) is 21.2. The summed E-state index contributed by atoms with van der Waals surface area (Å²) in [5, 5.41) is 12.1. The predicted molar refractivity (Wildman–Crippen MR) is 110 cm³/mol. The lowest BCUT2D eigenvalue weighted by molar-refractivity contribution is -0.132. The van der Waals surface area contributed by atoms with E-state index in [-0.39, 0.29) is 11.3 Å². The van der Waals surface area contributed by atoms with Crippen molar-refractivity contribution in [2.45, 2.75) is 20.8 Å². The molecule has 0 atom stereocenters. The Morgan fingerprint density at radius 2 is 1.93 bits per heavy atom. The first-order valence-electron chi connectivity index (χ1n) is 8.48. The molecular weight excluding hydrogens is 424 g/mol. The first-order chi connectivity index (χ1) is 13.3. The molecule has 0 saturated heterocycles.